The quantitative estimate of drug-likeness (QED) is 0.457. The van der Waals surface area contributed by atoms with Crippen LogP contribution in [-0.4, -0.2) is 64.8 Å². The van der Waals surface area contributed by atoms with Crippen LogP contribution < -0.4 is 18.7 Å². The minimum atomic E-state index is -3.72. The number of amides is 1. The molecule has 0 saturated carbocycles. The SMILES string of the molecule is COc1ccccc1N1CCN(C(=O)C(C)N(c2ccc(Oc3ccccc3)cc2)S(C)(=O)=O)CC1. The first-order valence-electron chi connectivity index (χ1n) is 11.8. The highest BCUT2D eigenvalue weighted by Crippen LogP contribution is 2.30. The first-order chi connectivity index (χ1) is 17.3. The van der Waals surface area contributed by atoms with Crippen molar-refractivity contribution in [3.63, 3.8) is 0 Å². The maximum absolute atomic E-state index is 13.4. The Morgan fingerprint density at radius 1 is 0.861 bits per heavy atom. The fourth-order valence-electron chi connectivity index (χ4n) is 4.41. The molecule has 4 rings (SSSR count). The van der Waals surface area contributed by atoms with E-state index >= 15 is 0 Å². The van der Waals surface area contributed by atoms with Crippen LogP contribution in [-0.2, 0) is 14.8 Å². The minimum absolute atomic E-state index is 0.232. The molecule has 8 nitrogen and oxygen atoms in total. The molecule has 3 aromatic rings. The van der Waals surface area contributed by atoms with E-state index in [-0.39, 0.29) is 5.91 Å². The molecule has 9 heteroatoms. The van der Waals surface area contributed by atoms with Crippen molar-refractivity contribution < 1.29 is 22.7 Å². The second-order valence-corrected chi connectivity index (χ2v) is 10.5. The zero-order valence-electron chi connectivity index (χ0n) is 20.7. The number of ether oxygens (including phenoxy) is 2. The molecule has 0 aliphatic carbocycles. The van der Waals surface area contributed by atoms with Gasteiger partial charge in [0.25, 0.3) is 0 Å². The maximum atomic E-state index is 13.4. The van der Waals surface area contributed by atoms with E-state index in [0.717, 1.165) is 17.7 Å². The van der Waals surface area contributed by atoms with Crippen LogP contribution in [0.15, 0.2) is 78.9 Å². The maximum Gasteiger partial charge on any atom is 0.246 e. The third-order valence-electron chi connectivity index (χ3n) is 6.15. The molecule has 1 aliphatic rings. The van der Waals surface area contributed by atoms with E-state index < -0.39 is 16.1 Å². The van der Waals surface area contributed by atoms with Crippen LogP contribution in [0, 0.1) is 0 Å². The molecular weight excluding hydrogens is 478 g/mol. The highest BCUT2D eigenvalue weighted by atomic mass is 32.2. The summed E-state index contributed by atoms with van der Waals surface area (Å²) in [6.07, 6.45) is 1.12. The molecule has 0 radical (unpaired) electrons. The highest BCUT2D eigenvalue weighted by Gasteiger charge is 2.33. The normalized spacial score (nSPS) is 14.8. The molecule has 1 heterocycles. The van der Waals surface area contributed by atoms with Crippen LogP contribution in [0.1, 0.15) is 6.92 Å². The van der Waals surface area contributed by atoms with E-state index in [1.807, 2.05) is 54.6 Å². The van der Waals surface area contributed by atoms with Gasteiger partial charge in [-0.15, -0.1) is 0 Å². The van der Waals surface area contributed by atoms with Crippen molar-refractivity contribution in [1.82, 2.24) is 4.90 Å². The number of nitrogens with zero attached hydrogens (tertiary/aromatic N) is 3. The molecule has 1 atom stereocenters. The Balaban J connectivity index is 1.45. The smallest absolute Gasteiger partial charge is 0.246 e. The number of anilines is 2. The lowest BCUT2D eigenvalue weighted by atomic mass is 10.2. The number of hydrogen-bond acceptors (Lipinski definition) is 6. The summed E-state index contributed by atoms with van der Waals surface area (Å²) in [4.78, 5) is 17.3. The van der Waals surface area contributed by atoms with Crippen LogP contribution in [0.3, 0.4) is 0 Å². The number of rotatable bonds is 8. The van der Waals surface area contributed by atoms with Gasteiger partial charge in [-0.2, -0.15) is 0 Å². The van der Waals surface area contributed by atoms with E-state index in [1.54, 1.807) is 43.2 Å². The Morgan fingerprint density at radius 2 is 1.44 bits per heavy atom. The summed E-state index contributed by atoms with van der Waals surface area (Å²) >= 11 is 0. The standard InChI is InChI=1S/C27H31N3O5S/c1-21(27(31)29-19-17-28(18-20-29)25-11-7-8-12-26(25)34-2)30(36(3,32)33)22-13-15-24(16-14-22)35-23-9-5-4-6-10-23/h4-16,21H,17-20H2,1-3H3. The van der Waals surface area contributed by atoms with Gasteiger partial charge in [0, 0.05) is 26.2 Å². The first-order valence-corrected chi connectivity index (χ1v) is 13.6. The van der Waals surface area contributed by atoms with Gasteiger partial charge in [-0.25, -0.2) is 8.42 Å². The Bertz CT molecular complexity index is 1270. The van der Waals surface area contributed by atoms with Gasteiger partial charge in [0.1, 0.15) is 23.3 Å². The monoisotopic (exact) mass is 509 g/mol. The van der Waals surface area contributed by atoms with Gasteiger partial charge in [-0.3, -0.25) is 9.10 Å². The molecule has 1 saturated heterocycles. The van der Waals surface area contributed by atoms with Crippen LogP contribution in [0.5, 0.6) is 17.2 Å². The Hall–Kier alpha value is -3.72. The lowest BCUT2D eigenvalue weighted by Gasteiger charge is -2.39. The van der Waals surface area contributed by atoms with Crippen molar-refractivity contribution in [2.45, 2.75) is 13.0 Å². The Labute approximate surface area is 212 Å². The number of methoxy groups -OCH3 is 1. The number of carbonyl (C=O) groups is 1. The van der Waals surface area contributed by atoms with Crippen molar-refractivity contribution in [2.75, 3.05) is 48.7 Å². The van der Waals surface area contributed by atoms with Gasteiger partial charge in [0.05, 0.1) is 24.7 Å². The summed E-state index contributed by atoms with van der Waals surface area (Å²) in [7, 11) is -2.08. The number of piperazine rings is 1. The molecule has 1 aliphatic heterocycles. The molecule has 190 valence electrons. The van der Waals surface area contributed by atoms with Gasteiger partial charge in [-0.05, 0) is 55.5 Å². The van der Waals surface area contributed by atoms with Crippen molar-refractivity contribution in [3.8, 4) is 17.2 Å². The average molecular weight is 510 g/mol. The van der Waals surface area contributed by atoms with E-state index in [9.17, 15) is 13.2 Å². The minimum Gasteiger partial charge on any atom is -0.495 e. The van der Waals surface area contributed by atoms with E-state index in [2.05, 4.69) is 4.90 Å². The summed E-state index contributed by atoms with van der Waals surface area (Å²) < 4.78 is 37.9. The molecular formula is C27H31N3O5S. The topological polar surface area (TPSA) is 79.4 Å². The fraction of sp³-hybridized carbons (Fsp3) is 0.296. The third-order valence-corrected chi connectivity index (χ3v) is 7.40. The summed E-state index contributed by atoms with van der Waals surface area (Å²) in [5.41, 5.74) is 1.39. The van der Waals surface area contributed by atoms with E-state index in [1.165, 1.54) is 4.31 Å². The molecule has 0 bridgehead atoms. The Kier molecular flexibility index (Phi) is 7.69. The number of para-hydroxylation sites is 3. The van der Waals surface area contributed by atoms with Crippen LogP contribution in [0.25, 0.3) is 0 Å². The number of sulfonamides is 1. The van der Waals surface area contributed by atoms with Crippen LogP contribution in [0.4, 0.5) is 11.4 Å². The third kappa shape index (κ3) is 5.73. The molecule has 1 unspecified atom stereocenters. The van der Waals surface area contributed by atoms with Crippen molar-refractivity contribution in [3.05, 3.63) is 78.9 Å². The molecule has 0 N–H and O–H groups in total. The predicted octanol–water partition coefficient (Wildman–Crippen LogP) is 3.99. The molecule has 1 amide bonds. The van der Waals surface area contributed by atoms with Gasteiger partial charge < -0.3 is 19.3 Å². The lowest BCUT2D eigenvalue weighted by molar-refractivity contribution is -0.132. The zero-order chi connectivity index (χ0) is 25.7. The first kappa shape index (κ1) is 25.4. The second kappa shape index (κ2) is 10.9. The summed E-state index contributed by atoms with van der Waals surface area (Å²) in [6.45, 7) is 3.86. The molecule has 36 heavy (non-hydrogen) atoms. The predicted molar refractivity (Wildman–Crippen MR) is 142 cm³/mol. The van der Waals surface area contributed by atoms with Crippen molar-refractivity contribution in [2.24, 2.45) is 0 Å². The van der Waals surface area contributed by atoms with Crippen LogP contribution in [0.2, 0.25) is 0 Å². The van der Waals surface area contributed by atoms with E-state index in [4.69, 9.17) is 9.47 Å². The molecule has 1 fully saturated rings. The van der Waals surface area contributed by atoms with E-state index in [0.29, 0.717) is 43.4 Å². The van der Waals surface area contributed by atoms with Crippen molar-refractivity contribution in [1.29, 1.82) is 0 Å². The van der Waals surface area contributed by atoms with Gasteiger partial charge in [0.2, 0.25) is 15.9 Å². The number of carbonyl (C=O) groups excluding carboxylic acids is 1. The highest BCUT2D eigenvalue weighted by molar-refractivity contribution is 7.92. The Morgan fingerprint density at radius 3 is 2.06 bits per heavy atom. The van der Waals surface area contributed by atoms with Crippen molar-refractivity contribution >= 4 is 27.3 Å². The van der Waals surface area contributed by atoms with Crippen LogP contribution >= 0.6 is 0 Å². The van der Waals surface area contributed by atoms with Gasteiger partial charge >= 0.3 is 0 Å². The molecule has 3 aromatic carbocycles. The summed E-state index contributed by atoms with van der Waals surface area (Å²) in [5.74, 6) is 1.81. The number of benzene rings is 3. The van der Waals surface area contributed by atoms with Gasteiger partial charge in [-0.1, -0.05) is 30.3 Å². The average Bonchev–Trinajstić information content (AvgIpc) is 2.89. The largest absolute Gasteiger partial charge is 0.495 e. The zero-order valence-corrected chi connectivity index (χ0v) is 21.5. The molecule has 0 aromatic heterocycles. The lowest BCUT2D eigenvalue weighted by Crippen LogP contribution is -2.55. The summed E-state index contributed by atoms with van der Waals surface area (Å²) in [6, 6.07) is 22.9. The number of hydrogen-bond donors (Lipinski definition) is 0. The van der Waals surface area contributed by atoms with Gasteiger partial charge in [0.15, 0.2) is 0 Å². The summed E-state index contributed by atoms with van der Waals surface area (Å²) in [5, 5.41) is 0. The fourth-order valence-corrected chi connectivity index (χ4v) is 5.58. The second-order valence-electron chi connectivity index (χ2n) is 8.63. The molecule has 0 spiro atoms.